The molecule has 2 aliphatic heterocycles. The second kappa shape index (κ2) is 14.1. The van der Waals surface area contributed by atoms with Gasteiger partial charge in [0, 0.05) is 11.2 Å². The Labute approximate surface area is 341 Å². The second-order valence-corrected chi connectivity index (χ2v) is 15.5. The van der Waals surface area contributed by atoms with Crippen LogP contribution >= 0.6 is 23.2 Å². The highest BCUT2D eigenvalue weighted by Crippen LogP contribution is 2.64. The van der Waals surface area contributed by atoms with Gasteiger partial charge in [-0.1, -0.05) is 47.0 Å². The van der Waals surface area contributed by atoms with Crippen LogP contribution in [0, 0.1) is 23.7 Å². The monoisotopic (exact) mass is 886 g/mol. The lowest BCUT2D eigenvalue weighted by molar-refractivity contribution is -0.143. The molecule has 21 heteroatoms. The average molecular weight is 888 g/mol. The topological polar surface area (TPSA) is 133 Å². The van der Waals surface area contributed by atoms with Crippen molar-refractivity contribution < 1.29 is 68.2 Å². The van der Waals surface area contributed by atoms with E-state index < -0.39 is 123 Å². The molecule has 1 saturated carbocycles. The van der Waals surface area contributed by atoms with Crippen molar-refractivity contribution in [2.45, 2.75) is 49.3 Å². The van der Waals surface area contributed by atoms with Crippen LogP contribution in [0.4, 0.5) is 51.0 Å². The number of imide groups is 2. The second-order valence-electron chi connectivity index (χ2n) is 14.7. The van der Waals surface area contributed by atoms with Crippen molar-refractivity contribution in [1.82, 2.24) is 9.99 Å². The molecule has 4 aromatic rings. The lowest BCUT2D eigenvalue weighted by Gasteiger charge is -2.49. The molecule has 3 fully saturated rings. The number of fused-ring (bicyclic) bond motifs is 4. The summed E-state index contributed by atoms with van der Waals surface area (Å²) in [6.07, 6.45) is -14.3. The summed E-state index contributed by atoms with van der Waals surface area (Å²) >= 11 is 12.4. The number of furan rings is 1. The van der Waals surface area contributed by atoms with Gasteiger partial charge in [-0.15, -0.1) is 0 Å². The Morgan fingerprint density at radius 2 is 1.43 bits per heavy atom. The van der Waals surface area contributed by atoms with Crippen LogP contribution in [0.5, 0.6) is 0 Å². The Morgan fingerprint density at radius 3 is 2.00 bits per heavy atom. The first-order chi connectivity index (χ1) is 28.1. The predicted octanol–water partition coefficient (Wildman–Crippen LogP) is 8.72. The van der Waals surface area contributed by atoms with Crippen molar-refractivity contribution >= 4 is 58.3 Å². The fraction of sp³-hybridized carbons (Fsp3) is 0.308. The zero-order valence-electron chi connectivity index (χ0n) is 29.9. The Balaban J connectivity index is 1.28. The standard InChI is InChI=1S/C39H25Cl2F9N4O6/c40-20-3-1-16(2-4-20)36-26(33(57)54(35(36)59)52-31-27(41)12-19(14-51-31)39(48,49)50)13-25-23(30(36)28-8-5-22(15-55)60-28)6-7-24-29(25)34(58)53(32(24)56)21-10-17(37(42,43)44)9-18(11-21)38(45,46)47/h1-6,8-12,14,24-26,29-30,55H,7,13,15H2,(H,51,52). The molecule has 0 bridgehead atoms. The van der Waals surface area contributed by atoms with E-state index in [1.54, 1.807) is 0 Å². The average Bonchev–Trinajstić information content (AvgIpc) is 3.82. The number of carbonyl (C=O) groups excluding carboxylic acids is 4. The highest BCUT2D eigenvalue weighted by Gasteiger charge is 2.71. The van der Waals surface area contributed by atoms with Crippen molar-refractivity contribution in [2.24, 2.45) is 23.7 Å². The first-order valence-electron chi connectivity index (χ1n) is 17.8. The van der Waals surface area contributed by atoms with Gasteiger partial charge in [0.1, 0.15) is 23.5 Å². The SMILES string of the molecule is O=C1C2CC3C(=CCC4C(=O)N(c5cc(C(F)(F)F)cc(C(F)(F)F)c5)C(=O)C43)C(c3ccc(CO)o3)C2(c2ccc(Cl)cc2)C(=O)N1Nc1ncc(C(F)(F)F)cc1Cl. The number of benzene rings is 2. The molecule has 6 unspecified atom stereocenters. The maximum absolute atomic E-state index is 15.2. The van der Waals surface area contributed by atoms with E-state index in [1.165, 1.54) is 42.5 Å². The lowest BCUT2D eigenvalue weighted by Crippen LogP contribution is -2.53. The number of hydrazine groups is 1. The summed E-state index contributed by atoms with van der Waals surface area (Å²) in [5.74, 6) is -11.7. The zero-order valence-corrected chi connectivity index (χ0v) is 31.4. The third kappa shape index (κ3) is 6.43. The smallest absolute Gasteiger partial charge is 0.417 e. The highest BCUT2D eigenvalue weighted by atomic mass is 35.5. The van der Waals surface area contributed by atoms with Crippen LogP contribution in [0.2, 0.25) is 10.0 Å². The van der Waals surface area contributed by atoms with Crippen LogP contribution in [0.1, 0.15) is 52.5 Å². The van der Waals surface area contributed by atoms with Gasteiger partial charge in [-0.2, -0.15) is 44.5 Å². The number of hydrogen-bond acceptors (Lipinski definition) is 8. The van der Waals surface area contributed by atoms with E-state index in [0.717, 1.165) is 0 Å². The van der Waals surface area contributed by atoms with Crippen LogP contribution < -0.4 is 10.3 Å². The van der Waals surface area contributed by atoms with Gasteiger partial charge >= 0.3 is 18.5 Å². The molecule has 2 N–H and O–H groups in total. The maximum atomic E-state index is 15.2. The summed E-state index contributed by atoms with van der Waals surface area (Å²) in [7, 11) is 0. The summed E-state index contributed by atoms with van der Waals surface area (Å²) in [5.41, 5.74) is -4.93. The number of anilines is 2. The molecule has 10 nitrogen and oxygen atoms in total. The molecule has 4 heterocycles. The number of pyridine rings is 1. The number of nitrogens with zero attached hydrogens (tertiary/aromatic N) is 3. The molecule has 8 rings (SSSR count). The van der Waals surface area contributed by atoms with Gasteiger partial charge in [-0.25, -0.2) is 9.88 Å². The first-order valence-corrected chi connectivity index (χ1v) is 18.5. The van der Waals surface area contributed by atoms with E-state index in [-0.39, 0.29) is 57.2 Å². The summed E-state index contributed by atoms with van der Waals surface area (Å²) in [6.45, 7) is -0.630. The number of nitrogens with one attached hydrogen (secondary N) is 1. The van der Waals surface area contributed by atoms with Crippen LogP contribution in [-0.2, 0) is 49.7 Å². The zero-order chi connectivity index (χ0) is 43.4. The number of aliphatic hydroxyl groups is 1. The van der Waals surface area contributed by atoms with E-state index >= 15 is 4.79 Å². The molecule has 2 aromatic carbocycles. The summed E-state index contributed by atoms with van der Waals surface area (Å²) in [5, 5.41) is 10.0. The number of amides is 4. The van der Waals surface area contributed by atoms with Crippen molar-refractivity contribution in [3.05, 3.63) is 122 Å². The number of rotatable bonds is 6. The molecule has 60 heavy (non-hydrogen) atoms. The number of allylic oxidation sites excluding steroid dienone is 2. The van der Waals surface area contributed by atoms with E-state index in [0.29, 0.717) is 17.3 Å². The minimum absolute atomic E-state index is 0.0000151. The lowest BCUT2D eigenvalue weighted by atomic mass is 9.50. The molecular weight excluding hydrogens is 862 g/mol. The maximum Gasteiger partial charge on any atom is 0.417 e. The van der Waals surface area contributed by atoms with Gasteiger partial charge in [0.25, 0.3) is 11.8 Å². The van der Waals surface area contributed by atoms with Gasteiger partial charge in [0.15, 0.2) is 5.82 Å². The highest BCUT2D eigenvalue weighted by molar-refractivity contribution is 6.33. The summed E-state index contributed by atoms with van der Waals surface area (Å²) < 4.78 is 130. The molecular formula is C39H25Cl2F9N4O6. The van der Waals surface area contributed by atoms with E-state index in [9.17, 15) is 59.0 Å². The van der Waals surface area contributed by atoms with Crippen molar-refractivity contribution in [1.29, 1.82) is 0 Å². The summed E-state index contributed by atoms with van der Waals surface area (Å²) in [4.78, 5) is 62.3. The molecule has 4 aliphatic rings. The van der Waals surface area contributed by atoms with E-state index in [1.807, 2.05) is 0 Å². The quantitative estimate of drug-likeness (QED) is 0.112. The minimum atomic E-state index is -5.31. The fourth-order valence-electron chi connectivity index (χ4n) is 9.05. The molecule has 4 amide bonds. The third-order valence-corrected chi connectivity index (χ3v) is 12.1. The number of carbonyl (C=O) groups is 4. The molecule has 2 aliphatic carbocycles. The normalized spacial score (nSPS) is 25.7. The number of aromatic nitrogens is 1. The molecule has 2 saturated heterocycles. The van der Waals surface area contributed by atoms with Gasteiger partial charge in [0.2, 0.25) is 11.8 Å². The van der Waals surface area contributed by atoms with Gasteiger partial charge in [0.05, 0.1) is 51.1 Å². The van der Waals surface area contributed by atoms with Crippen molar-refractivity contribution in [2.75, 3.05) is 10.3 Å². The molecule has 2 aromatic heterocycles. The number of hydrogen-bond donors (Lipinski definition) is 2. The van der Waals surface area contributed by atoms with Crippen molar-refractivity contribution in [3.63, 3.8) is 0 Å². The molecule has 6 atom stereocenters. The third-order valence-electron chi connectivity index (χ3n) is 11.5. The molecule has 314 valence electrons. The van der Waals surface area contributed by atoms with Gasteiger partial charge in [-0.3, -0.25) is 24.6 Å². The van der Waals surface area contributed by atoms with E-state index in [4.69, 9.17) is 27.6 Å². The van der Waals surface area contributed by atoms with Crippen LogP contribution in [0.25, 0.3) is 0 Å². The molecule has 0 spiro atoms. The van der Waals surface area contributed by atoms with Crippen molar-refractivity contribution in [3.8, 4) is 0 Å². The molecule has 0 radical (unpaired) electrons. The predicted molar refractivity (Wildman–Crippen MR) is 190 cm³/mol. The van der Waals surface area contributed by atoms with Gasteiger partial charge < -0.3 is 9.52 Å². The largest absolute Gasteiger partial charge is 0.463 e. The minimum Gasteiger partial charge on any atom is -0.463 e. The number of halogens is 11. The van der Waals surface area contributed by atoms with Gasteiger partial charge in [-0.05, 0) is 72.9 Å². The Hall–Kier alpha value is -5.40. The van der Waals surface area contributed by atoms with Crippen LogP contribution in [0.3, 0.4) is 0 Å². The fourth-order valence-corrected chi connectivity index (χ4v) is 9.38. The Morgan fingerprint density at radius 1 is 0.800 bits per heavy atom. The summed E-state index contributed by atoms with van der Waals surface area (Å²) in [6, 6.07) is 9.38. The Kier molecular flexibility index (Phi) is 9.71. The Bertz CT molecular complexity index is 2470. The van der Waals surface area contributed by atoms with Crippen LogP contribution in [-0.4, -0.2) is 38.7 Å². The number of alkyl halides is 9. The van der Waals surface area contributed by atoms with E-state index in [2.05, 4.69) is 10.4 Å². The van der Waals surface area contributed by atoms with Crippen LogP contribution in [0.15, 0.2) is 82.9 Å². The first kappa shape index (κ1) is 41.3. The number of aliphatic hydroxyl groups excluding tert-OH is 1.